The Morgan fingerprint density at radius 3 is 3.25 bits per heavy atom. The van der Waals surface area contributed by atoms with Gasteiger partial charge in [0.25, 0.3) is 0 Å². The van der Waals surface area contributed by atoms with Crippen molar-refractivity contribution in [2.24, 2.45) is 0 Å². The molecule has 1 aromatic heterocycles. The number of piperidine rings is 1. The summed E-state index contributed by atoms with van der Waals surface area (Å²) in [6.07, 6.45) is 2.39. The van der Waals surface area contributed by atoms with E-state index in [0.717, 1.165) is 32.1 Å². The third-order valence-corrected chi connectivity index (χ3v) is 3.12. The standard InChI is InChI=1S/C10H19BN4O/c1-11-15-5-3-4-8(7-15)10-13-9(6-12-2)14-16-10/h8,11-12H,3-7H2,1-2H3. The zero-order chi connectivity index (χ0) is 11.4. The minimum atomic E-state index is 0.423. The Kier molecular flexibility index (Phi) is 3.95. The first-order valence-electron chi connectivity index (χ1n) is 6.03. The Balaban J connectivity index is 1.99. The van der Waals surface area contributed by atoms with Crippen molar-refractivity contribution in [3.63, 3.8) is 0 Å². The van der Waals surface area contributed by atoms with Crippen LogP contribution in [0.15, 0.2) is 4.52 Å². The predicted octanol–water partition coefficient (Wildman–Crippen LogP) is 0.368. The van der Waals surface area contributed by atoms with Gasteiger partial charge in [-0.2, -0.15) is 4.98 Å². The smallest absolute Gasteiger partial charge is 0.231 e. The summed E-state index contributed by atoms with van der Waals surface area (Å²) in [7, 11) is 2.99. The molecule has 0 bridgehead atoms. The third-order valence-electron chi connectivity index (χ3n) is 3.12. The summed E-state index contributed by atoms with van der Waals surface area (Å²) >= 11 is 0. The minimum Gasteiger partial charge on any atom is -0.345 e. The van der Waals surface area contributed by atoms with Crippen LogP contribution in [0.3, 0.4) is 0 Å². The Labute approximate surface area is 96.8 Å². The maximum atomic E-state index is 5.32. The lowest BCUT2D eigenvalue weighted by molar-refractivity contribution is 0.268. The molecule has 2 heterocycles. The van der Waals surface area contributed by atoms with Gasteiger partial charge in [0.15, 0.2) is 5.82 Å². The summed E-state index contributed by atoms with van der Waals surface area (Å²) in [6, 6.07) is 0. The van der Waals surface area contributed by atoms with Gasteiger partial charge in [0.05, 0.1) is 12.5 Å². The Bertz CT molecular complexity index is 330. The highest BCUT2D eigenvalue weighted by Crippen LogP contribution is 2.24. The number of nitrogens with one attached hydrogen (secondary N) is 1. The van der Waals surface area contributed by atoms with Gasteiger partial charge in [-0.3, -0.25) is 0 Å². The van der Waals surface area contributed by atoms with E-state index < -0.39 is 0 Å². The molecule has 1 atom stereocenters. The van der Waals surface area contributed by atoms with Crippen molar-refractivity contribution in [3.05, 3.63) is 11.7 Å². The second-order valence-corrected chi connectivity index (χ2v) is 4.31. The summed E-state index contributed by atoms with van der Waals surface area (Å²) in [5.41, 5.74) is 0. The number of rotatable bonds is 4. The fraction of sp³-hybridized carbons (Fsp3) is 0.800. The van der Waals surface area contributed by atoms with Gasteiger partial charge in [-0.05, 0) is 33.0 Å². The van der Waals surface area contributed by atoms with E-state index in [4.69, 9.17) is 4.52 Å². The second kappa shape index (κ2) is 5.45. The molecule has 5 nitrogen and oxygen atoms in total. The monoisotopic (exact) mass is 222 g/mol. The van der Waals surface area contributed by atoms with E-state index in [2.05, 4.69) is 27.1 Å². The van der Waals surface area contributed by atoms with Crippen LogP contribution < -0.4 is 5.32 Å². The first-order chi connectivity index (χ1) is 7.83. The molecule has 88 valence electrons. The van der Waals surface area contributed by atoms with Crippen LogP contribution in [-0.4, -0.2) is 42.5 Å². The Hall–Kier alpha value is -0.875. The molecule has 1 saturated heterocycles. The van der Waals surface area contributed by atoms with E-state index in [9.17, 15) is 0 Å². The quantitative estimate of drug-likeness (QED) is 0.746. The van der Waals surface area contributed by atoms with Gasteiger partial charge in [0.1, 0.15) is 0 Å². The molecule has 0 spiro atoms. The fourth-order valence-electron chi connectivity index (χ4n) is 2.21. The van der Waals surface area contributed by atoms with Crippen molar-refractivity contribution in [2.75, 3.05) is 20.1 Å². The lowest BCUT2D eigenvalue weighted by Crippen LogP contribution is -2.36. The summed E-state index contributed by atoms with van der Waals surface area (Å²) < 4.78 is 5.32. The molecule has 6 heteroatoms. The van der Waals surface area contributed by atoms with Crippen LogP contribution in [0.25, 0.3) is 0 Å². The number of aromatic nitrogens is 2. The van der Waals surface area contributed by atoms with Gasteiger partial charge >= 0.3 is 0 Å². The van der Waals surface area contributed by atoms with Crippen LogP contribution >= 0.6 is 0 Å². The average molecular weight is 222 g/mol. The van der Waals surface area contributed by atoms with Gasteiger partial charge in [-0.25, -0.2) is 0 Å². The van der Waals surface area contributed by atoms with Gasteiger partial charge < -0.3 is 14.7 Å². The first kappa shape index (κ1) is 11.6. The van der Waals surface area contributed by atoms with Gasteiger partial charge in [0.2, 0.25) is 13.3 Å². The maximum Gasteiger partial charge on any atom is 0.231 e. The molecule has 0 aliphatic carbocycles. The van der Waals surface area contributed by atoms with Crippen molar-refractivity contribution in [1.82, 2.24) is 20.3 Å². The average Bonchev–Trinajstić information content (AvgIpc) is 2.78. The molecule has 0 radical (unpaired) electrons. The van der Waals surface area contributed by atoms with Crippen LogP contribution in [0.2, 0.25) is 6.82 Å². The van der Waals surface area contributed by atoms with E-state index >= 15 is 0 Å². The molecule has 0 amide bonds. The zero-order valence-corrected chi connectivity index (χ0v) is 10.1. The lowest BCUT2D eigenvalue weighted by atomic mass is 9.88. The van der Waals surface area contributed by atoms with E-state index in [-0.39, 0.29) is 0 Å². The van der Waals surface area contributed by atoms with Crippen LogP contribution in [0, 0.1) is 0 Å². The molecule has 1 aromatic rings. The molecular weight excluding hydrogens is 203 g/mol. The lowest BCUT2D eigenvalue weighted by Gasteiger charge is -2.29. The zero-order valence-electron chi connectivity index (χ0n) is 10.1. The fourth-order valence-corrected chi connectivity index (χ4v) is 2.21. The highest BCUT2D eigenvalue weighted by molar-refractivity contribution is 6.29. The minimum absolute atomic E-state index is 0.423. The largest absolute Gasteiger partial charge is 0.345 e. The molecule has 1 aliphatic rings. The topological polar surface area (TPSA) is 54.2 Å². The molecule has 1 aliphatic heterocycles. The molecule has 16 heavy (non-hydrogen) atoms. The van der Waals surface area contributed by atoms with Crippen LogP contribution in [0.1, 0.15) is 30.5 Å². The molecule has 1 N–H and O–H groups in total. The molecule has 0 saturated carbocycles. The SMILES string of the molecule is CBN1CCCC(c2nc(CNC)no2)C1. The van der Waals surface area contributed by atoms with Crippen LogP contribution in [-0.2, 0) is 6.54 Å². The van der Waals surface area contributed by atoms with Crippen molar-refractivity contribution in [3.8, 4) is 0 Å². The predicted molar refractivity (Wildman–Crippen MR) is 63.6 cm³/mol. The molecule has 2 rings (SSSR count). The van der Waals surface area contributed by atoms with Crippen LogP contribution in [0.5, 0.6) is 0 Å². The van der Waals surface area contributed by atoms with Gasteiger partial charge in [-0.15, -0.1) is 0 Å². The van der Waals surface area contributed by atoms with E-state index in [0.29, 0.717) is 12.5 Å². The number of hydrogen-bond acceptors (Lipinski definition) is 5. The maximum absolute atomic E-state index is 5.32. The molecule has 1 fully saturated rings. The van der Waals surface area contributed by atoms with E-state index in [1.165, 1.54) is 13.0 Å². The highest BCUT2D eigenvalue weighted by Gasteiger charge is 2.24. The third kappa shape index (κ3) is 2.62. The van der Waals surface area contributed by atoms with Gasteiger partial charge in [0, 0.05) is 0 Å². The number of nitrogens with zero attached hydrogens (tertiary/aromatic N) is 3. The highest BCUT2D eigenvalue weighted by atomic mass is 16.5. The van der Waals surface area contributed by atoms with Crippen molar-refractivity contribution < 1.29 is 4.52 Å². The summed E-state index contributed by atoms with van der Waals surface area (Å²) in [5.74, 6) is 1.99. The second-order valence-electron chi connectivity index (χ2n) is 4.31. The molecule has 0 aromatic carbocycles. The number of hydrogen-bond donors (Lipinski definition) is 1. The summed E-state index contributed by atoms with van der Waals surface area (Å²) in [4.78, 5) is 6.87. The molecule has 1 unspecified atom stereocenters. The van der Waals surface area contributed by atoms with Gasteiger partial charge in [-0.1, -0.05) is 12.0 Å². The van der Waals surface area contributed by atoms with Crippen LogP contribution in [0.4, 0.5) is 0 Å². The van der Waals surface area contributed by atoms with Crippen molar-refractivity contribution in [1.29, 1.82) is 0 Å². The Morgan fingerprint density at radius 2 is 2.50 bits per heavy atom. The molecular formula is C10H19BN4O. The van der Waals surface area contributed by atoms with E-state index in [1.54, 1.807) is 0 Å². The van der Waals surface area contributed by atoms with Crippen molar-refractivity contribution >= 4 is 7.41 Å². The van der Waals surface area contributed by atoms with Crippen molar-refractivity contribution in [2.45, 2.75) is 32.1 Å². The summed E-state index contributed by atoms with van der Waals surface area (Å²) in [5, 5.41) is 6.99. The Morgan fingerprint density at radius 1 is 1.62 bits per heavy atom. The first-order valence-corrected chi connectivity index (χ1v) is 6.03. The summed E-state index contributed by atoms with van der Waals surface area (Å²) in [6.45, 7) is 5.12. The normalized spacial score (nSPS) is 22.2. The van der Waals surface area contributed by atoms with E-state index in [1.807, 2.05) is 7.05 Å².